The highest BCUT2D eigenvalue weighted by Gasteiger charge is 2.04. The van der Waals surface area contributed by atoms with E-state index in [1.807, 2.05) is 12.1 Å². The van der Waals surface area contributed by atoms with E-state index in [1.54, 1.807) is 19.5 Å². The molecule has 0 aliphatic rings. The minimum atomic E-state index is 0.217. The fourth-order valence-electron chi connectivity index (χ4n) is 1.27. The van der Waals surface area contributed by atoms with Crippen molar-refractivity contribution in [2.45, 2.75) is 26.3 Å². The Balaban J connectivity index is 2.55. The van der Waals surface area contributed by atoms with Crippen molar-refractivity contribution in [1.29, 1.82) is 0 Å². The number of pyridine rings is 1. The van der Waals surface area contributed by atoms with Crippen LogP contribution in [0.25, 0.3) is 6.08 Å². The Labute approximate surface area is 97.3 Å². The van der Waals surface area contributed by atoms with Gasteiger partial charge in [-0.3, -0.25) is 4.98 Å². The number of hydrogen-bond acceptors (Lipinski definition) is 3. The quantitative estimate of drug-likeness (QED) is 0.829. The number of methoxy groups -OCH3 is 1. The van der Waals surface area contributed by atoms with Crippen LogP contribution < -0.4 is 10.5 Å². The molecule has 1 heterocycles. The fraction of sp³-hybridized carbons (Fsp3) is 0.462. The first-order chi connectivity index (χ1) is 7.63. The molecule has 0 aliphatic carbocycles. The monoisotopic (exact) mass is 220 g/mol. The molecule has 1 aromatic rings. The largest absolute Gasteiger partial charge is 0.495 e. The minimum absolute atomic E-state index is 0.217. The molecule has 88 valence electrons. The average molecular weight is 220 g/mol. The Bertz CT molecular complexity index is 348. The second-order valence-electron chi connectivity index (χ2n) is 4.20. The van der Waals surface area contributed by atoms with Crippen LogP contribution in [0.3, 0.4) is 0 Å². The topological polar surface area (TPSA) is 48.1 Å². The SMILES string of the molecule is COc1cncc(/C=C/C[C@@H](N)C(C)C)c1. The summed E-state index contributed by atoms with van der Waals surface area (Å²) in [5.74, 6) is 1.28. The van der Waals surface area contributed by atoms with Crippen LogP contribution in [0.15, 0.2) is 24.5 Å². The highest BCUT2D eigenvalue weighted by atomic mass is 16.5. The average Bonchev–Trinajstić information content (AvgIpc) is 2.29. The molecule has 1 rings (SSSR count). The summed E-state index contributed by atoms with van der Waals surface area (Å²) in [6.45, 7) is 4.26. The molecular weight excluding hydrogens is 200 g/mol. The van der Waals surface area contributed by atoms with Gasteiger partial charge in [0.05, 0.1) is 13.3 Å². The van der Waals surface area contributed by atoms with E-state index in [0.717, 1.165) is 17.7 Å². The predicted octanol–water partition coefficient (Wildman–Crippen LogP) is 2.48. The third-order valence-corrected chi connectivity index (χ3v) is 2.54. The molecule has 3 heteroatoms. The van der Waals surface area contributed by atoms with E-state index in [-0.39, 0.29) is 6.04 Å². The Morgan fingerprint density at radius 2 is 2.19 bits per heavy atom. The van der Waals surface area contributed by atoms with Crippen molar-refractivity contribution < 1.29 is 4.74 Å². The molecule has 3 nitrogen and oxygen atoms in total. The lowest BCUT2D eigenvalue weighted by molar-refractivity contribution is 0.413. The molecule has 0 saturated heterocycles. The third-order valence-electron chi connectivity index (χ3n) is 2.54. The predicted molar refractivity (Wildman–Crippen MR) is 67.3 cm³/mol. The minimum Gasteiger partial charge on any atom is -0.495 e. The van der Waals surface area contributed by atoms with Gasteiger partial charge in [0.1, 0.15) is 5.75 Å². The zero-order chi connectivity index (χ0) is 12.0. The lowest BCUT2D eigenvalue weighted by Crippen LogP contribution is -2.25. The number of aromatic nitrogens is 1. The van der Waals surface area contributed by atoms with Gasteiger partial charge < -0.3 is 10.5 Å². The van der Waals surface area contributed by atoms with Crippen molar-refractivity contribution in [1.82, 2.24) is 4.98 Å². The summed E-state index contributed by atoms with van der Waals surface area (Å²) in [6, 6.07) is 2.17. The Morgan fingerprint density at radius 3 is 2.81 bits per heavy atom. The zero-order valence-electron chi connectivity index (χ0n) is 10.2. The fourth-order valence-corrected chi connectivity index (χ4v) is 1.27. The van der Waals surface area contributed by atoms with E-state index in [0.29, 0.717) is 5.92 Å². The van der Waals surface area contributed by atoms with Crippen LogP contribution in [0.1, 0.15) is 25.8 Å². The van der Waals surface area contributed by atoms with Crippen molar-refractivity contribution in [2.24, 2.45) is 11.7 Å². The number of hydrogen-bond donors (Lipinski definition) is 1. The van der Waals surface area contributed by atoms with Gasteiger partial charge in [-0.2, -0.15) is 0 Å². The molecule has 0 bridgehead atoms. The maximum absolute atomic E-state index is 5.95. The van der Waals surface area contributed by atoms with Crippen LogP contribution in [0.4, 0.5) is 0 Å². The standard InChI is InChI=1S/C13H20N2O/c1-10(2)13(14)6-4-5-11-7-12(16-3)9-15-8-11/h4-5,7-10,13H,6,14H2,1-3H3/b5-4+/t13-/m1/s1. The zero-order valence-corrected chi connectivity index (χ0v) is 10.2. The van der Waals surface area contributed by atoms with Gasteiger partial charge in [0.2, 0.25) is 0 Å². The Kier molecular flexibility index (Phi) is 4.99. The van der Waals surface area contributed by atoms with Crippen molar-refractivity contribution in [3.63, 3.8) is 0 Å². The second kappa shape index (κ2) is 6.28. The molecule has 0 amide bonds. The van der Waals surface area contributed by atoms with E-state index in [1.165, 1.54) is 0 Å². The van der Waals surface area contributed by atoms with Gasteiger partial charge in [0, 0.05) is 12.2 Å². The van der Waals surface area contributed by atoms with Gasteiger partial charge in [-0.25, -0.2) is 0 Å². The van der Waals surface area contributed by atoms with Gasteiger partial charge in [0.15, 0.2) is 0 Å². The number of nitrogens with two attached hydrogens (primary N) is 1. The molecule has 1 aromatic heterocycles. The van der Waals surface area contributed by atoms with Crippen molar-refractivity contribution in [3.05, 3.63) is 30.1 Å². The summed E-state index contributed by atoms with van der Waals surface area (Å²) < 4.78 is 5.10. The molecule has 1 atom stereocenters. The second-order valence-corrected chi connectivity index (χ2v) is 4.20. The molecule has 0 spiro atoms. The van der Waals surface area contributed by atoms with Crippen LogP contribution in [0.2, 0.25) is 0 Å². The Hall–Kier alpha value is -1.35. The normalized spacial score (nSPS) is 13.3. The molecule has 2 N–H and O–H groups in total. The van der Waals surface area contributed by atoms with Gasteiger partial charge in [-0.1, -0.05) is 26.0 Å². The number of rotatable bonds is 5. The van der Waals surface area contributed by atoms with Crippen molar-refractivity contribution >= 4 is 6.08 Å². The molecule has 0 fully saturated rings. The number of ether oxygens (including phenoxy) is 1. The van der Waals surface area contributed by atoms with Gasteiger partial charge >= 0.3 is 0 Å². The lowest BCUT2D eigenvalue weighted by Gasteiger charge is -2.12. The highest BCUT2D eigenvalue weighted by Crippen LogP contribution is 2.12. The Morgan fingerprint density at radius 1 is 1.44 bits per heavy atom. The summed E-state index contributed by atoms with van der Waals surface area (Å²) in [7, 11) is 1.64. The summed E-state index contributed by atoms with van der Waals surface area (Å²) in [5, 5.41) is 0. The first kappa shape index (κ1) is 12.7. The smallest absolute Gasteiger partial charge is 0.137 e. The van der Waals surface area contributed by atoms with E-state index in [2.05, 4.69) is 24.9 Å². The van der Waals surface area contributed by atoms with E-state index in [4.69, 9.17) is 10.5 Å². The van der Waals surface area contributed by atoms with E-state index in [9.17, 15) is 0 Å². The van der Waals surface area contributed by atoms with E-state index >= 15 is 0 Å². The lowest BCUT2D eigenvalue weighted by atomic mass is 10.0. The molecule has 0 unspecified atom stereocenters. The summed E-state index contributed by atoms with van der Waals surface area (Å²) in [6.07, 6.45) is 8.49. The van der Waals surface area contributed by atoms with Crippen molar-refractivity contribution in [2.75, 3.05) is 7.11 Å². The first-order valence-corrected chi connectivity index (χ1v) is 5.54. The van der Waals surface area contributed by atoms with Crippen LogP contribution >= 0.6 is 0 Å². The molecule has 0 saturated carbocycles. The maximum atomic E-state index is 5.95. The molecular formula is C13H20N2O. The molecule has 0 aromatic carbocycles. The van der Waals surface area contributed by atoms with E-state index < -0.39 is 0 Å². The van der Waals surface area contributed by atoms with Crippen LogP contribution in [0.5, 0.6) is 5.75 Å². The van der Waals surface area contributed by atoms with Gasteiger partial charge in [-0.15, -0.1) is 0 Å². The summed E-state index contributed by atoms with van der Waals surface area (Å²) in [4.78, 5) is 4.08. The molecule has 0 aliphatic heterocycles. The van der Waals surface area contributed by atoms with Gasteiger partial charge in [-0.05, 0) is 24.0 Å². The molecule has 0 radical (unpaired) electrons. The third kappa shape index (κ3) is 4.03. The molecule has 16 heavy (non-hydrogen) atoms. The van der Waals surface area contributed by atoms with Crippen LogP contribution in [-0.4, -0.2) is 18.1 Å². The van der Waals surface area contributed by atoms with Crippen molar-refractivity contribution in [3.8, 4) is 5.75 Å². The van der Waals surface area contributed by atoms with Crippen LogP contribution in [0, 0.1) is 5.92 Å². The summed E-state index contributed by atoms with van der Waals surface area (Å²) in [5.41, 5.74) is 6.98. The highest BCUT2D eigenvalue weighted by molar-refractivity contribution is 5.49. The maximum Gasteiger partial charge on any atom is 0.137 e. The first-order valence-electron chi connectivity index (χ1n) is 5.54. The van der Waals surface area contributed by atoms with Gasteiger partial charge in [0.25, 0.3) is 0 Å². The summed E-state index contributed by atoms with van der Waals surface area (Å²) >= 11 is 0. The number of nitrogens with zero attached hydrogens (tertiary/aromatic N) is 1. The van der Waals surface area contributed by atoms with Crippen LogP contribution in [-0.2, 0) is 0 Å².